The van der Waals surface area contributed by atoms with Gasteiger partial charge in [-0.25, -0.2) is 4.99 Å². The molecule has 0 radical (unpaired) electrons. The van der Waals surface area contributed by atoms with Gasteiger partial charge in [0.1, 0.15) is 0 Å². The maximum atomic E-state index is 11.2. The number of thioether (sulfide) groups is 1. The van der Waals surface area contributed by atoms with Crippen LogP contribution in [0.1, 0.15) is 6.92 Å². The lowest BCUT2D eigenvalue weighted by molar-refractivity contribution is -0.118. The molecule has 3 nitrogen and oxygen atoms in total. The summed E-state index contributed by atoms with van der Waals surface area (Å²) in [4.78, 5) is 15.6. The van der Waals surface area contributed by atoms with E-state index in [1.807, 2.05) is 31.2 Å². The summed E-state index contributed by atoms with van der Waals surface area (Å²) < 4.78 is 0.978. The minimum absolute atomic E-state index is 0.0220. The number of aliphatic imine (C=N–C) groups is 1. The number of benzene rings is 1. The summed E-state index contributed by atoms with van der Waals surface area (Å²) in [6, 6.07) is 7.65. The van der Waals surface area contributed by atoms with Crippen LogP contribution in [0.25, 0.3) is 0 Å². The Kier molecular flexibility index (Phi) is 3.11. The van der Waals surface area contributed by atoms with Crippen LogP contribution < -0.4 is 5.32 Å². The van der Waals surface area contributed by atoms with Crippen LogP contribution in [-0.2, 0) is 4.79 Å². The highest BCUT2D eigenvalue weighted by atomic mass is 79.9. The number of nitrogens with one attached hydrogen (secondary N) is 1. The Morgan fingerprint density at radius 2 is 2.33 bits per heavy atom. The van der Waals surface area contributed by atoms with Crippen LogP contribution in [0.15, 0.2) is 33.7 Å². The summed E-state index contributed by atoms with van der Waals surface area (Å²) in [5, 5.41) is 3.36. The molecule has 1 aliphatic rings. The molecular weight excluding hydrogens is 276 g/mol. The van der Waals surface area contributed by atoms with Crippen LogP contribution in [-0.4, -0.2) is 16.3 Å². The van der Waals surface area contributed by atoms with Crippen molar-refractivity contribution >= 4 is 44.5 Å². The molecule has 1 aromatic rings. The van der Waals surface area contributed by atoms with E-state index in [0.29, 0.717) is 5.17 Å². The van der Waals surface area contributed by atoms with Gasteiger partial charge in [-0.3, -0.25) is 4.79 Å². The molecule has 5 heteroatoms. The van der Waals surface area contributed by atoms with E-state index in [-0.39, 0.29) is 11.2 Å². The number of hydrogen-bond acceptors (Lipinski definition) is 3. The summed E-state index contributed by atoms with van der Waals surface area (Å²) in [5.41, 5.74) is 0.835. The van der Waals surface area contributed by atoms with Gasteiger partial charge in [0.05, 0.1) is 10.9 Å². The summed E-state index contributed by atoms with van der Waals surface area (Å²) >= 11 is 4.82. The van der Waals surface area contributed by atoms with Crippen LogP contribution in [0.5, 0.6) is 0 Å². The van der Waals surface area contributed by atoms with E-state index >= 15 is 0 Å². The van der Waals surface area contributed by atoms with Crippen molar-refractivity contribution < 1.29 is 4.79 Å². The first kappa shape index (κ1) is 10.7. The lowest BCUT2D eigenvalue weighted by Gasteiger charge is -1.97. The SMILES string of the molecule is C[C@@H]1SC(=Nc2cccc(Br)c2)NC1=O. The smallest absolute Gasteiger partial charge is 0.239 e. The molecule has 1 aliphatic heterocycles. The van der Waals surface area contributed by atoms with Gasteiger partial charge >= 0.3 is 0 Å². The van der Waals surface area contributed by atoms with E-state index in [9.17, 15) is 4.79 Å². The van der Waals surface area contributed by atoms with E-state index in [2.05, 4.69) is 26.2 Å². The second-order valence-corrected chi connectivity index (χ2v) is 5.39. The predicted molar refractivity (Wildman–Crippen MR) is 66.4 cm³/mol. The zero-order chi connectivity index (χ0) is 10.8. The molecule has 2 rings (SSSR count). The molecule has 78 valence electrons. The number of nitrogens with zero attached hydrogens (tertiary/aromatic N) is 1. The molecule has 0 aromatic heterocycles. The highest BCUT2D eigenvalue weighted by Crippen LogP contribution is 2.24. The zero-order valence-electron chi connectivity index (χ0n) is 8.03. The largest absolute Gasteiger partial charge is 0.304 e. The Hall–Kier alpha value is -0.810. The van der Waals surface area contributed by atoms with Crippen molar-refractivity contribution in [3.63, 3.8) is 0 Å². The first-order valence-electron chi connectivity index (χ1n) is 4.47. The van der Waals surface area contributed by atoms with Crippen LogP contribution in [0.3, 0.4) is 0 Å². The van der Waals surface area contributed by atoms with Crippen LogP contribution in [0.2, 0.25) is 0 Å². The molecule has 0 saturated carbocycles. The molecule has 15 heavy (non-hydrogen) atoms. The monoisotopic (exact) mass is 284 g/mol. The Labute approximate surface area is 100 Å². The van der Waals surface area contributed by atoms with Crippen molar-refractivity contribution in [2.24, 2.45) is 4.99 Å². The Morgan fingerprint density at radius 1 is 1.53 bits per heavy atom. The molecule has 1 aromatic carbocycles. The molecule has 0 aliphatic carbocycles. The van der Waals surface area contributed by atoms with Crippen molar-refractivity contribution in [1.29, 1.82) is 0 Å². The summed E-state index contributed by atoms with van der Waals surface area (Å²) in [7, 11) is 0. The molecule has 1 atom stereocenters. The third-order valence-electron chi connectivity index (χ3n) is 1.93. The molecule has 0 bridgehead atoms. The van der Waals surface area contributed by atoms with Crippen molar-refractivity contribution in [3.05, 3.63) is 28.7 Å². The lowest BCUT2D eigenvalue weighted by Crippen LogP contribution is -2.23. The van der Waals surface area contributed by atoms with Gasteiger partial charge < -0.3 is 5.32 Å². The molecule has 0 unspecified atom stereocenters. The highest BCUT2D eigenvalue weighted by molar-refractivity contribution is 9.10. The number of carbonyl (C=O) groups excluding carboxylic acids is 1. The standard InChI is InChI=1S/C10H9BrN2OS/c1-6-9(14)13-10(15-6)12-8-4-2-3-7(11)5-8/h2-6H,1H3,(H,12,13,14)/t6-/m0/s1. The van der Waals surface area contributed by atoms with Gasteiger partial charge in [-0.05, 0) is 25.1 Å². The summed E-state index contributed by atoms with van der Waals surface area (Å²) in [6.45, 7) is 1.86. The molecular formula is C10H9BrN2OS. The normalized spacial score (nSPS) is 23.2. The van der Waals surface area contributed by atoms with Gasteiger partial charge in [0.2, 0.25) is 5.91 Å². The van der Waals surface area contributed by atoms with Crippen molar-refractivity contribution in [3.8, 4) is 0 Å². The molecule has 1 saturated heterocycles. The van der Waals surface area contributed by atoms with E-state index in [1.54, 1.807) is 0 Å². The van der Waals surface area contributed by atoms with E-state index in [1.165, 1.54) is 11.8 Å². The molecule has 1 N–H and O–H groups in total. The number of carbonyl (C=O) groups is 1. The van der Waals surface area contributed by atoms with Crippen molar-refractivity contribution in [2.45, 2.75) is 12.2 Å². The molecule has 0 spiro atoms. The Bertz CT molecular complexity index is 433. The maximum absolute atomic E-state index is 11.2. The second-order valence-electron chi connectivity index (χ2n) is 3.15. The number of halogens is 1. The van der Waals surface area contributed by atoms with Crippen LogP contribution >= 0.6 is 27.7 Å². The number of amides is 1. The van der Waals surface area contributed by atoms with Gasteiger partial charge in [-0.1, -0.05) is 33.8 Å². The van der Waals surface area contributed by atoms with Crippen LogP contribution in [0.4, 0.5) is 5.69 Å². The lowest BCUT2D eigenvalue weighted by atomic mass is 10.3. The number of rotatable bonds is 1. The minimum Gasteiger partial charge on any atom is -0.304 e. The second kappa shape index (κ2) is 4.37. The fourth-order valence-corrected chi connectivity index (χ4v) is 2.38. The summed E-state index contributed by atoms with van der Waals surface area (Å²) in [6.07, 6.45) is 0. The van der Waals surface area contributed by atoms with Gasteiger partial charge in [0.15, 0.2) is 5.17 Å². The third kappa shape index (κ3) is 2.60. The van der Waals surface area contributed by atoms with Gasteiger partial charge in [-0.15, -0.1) is 0 Å². The van der Waals surface area contributed by atoms with E-state index in [4.69, 9.17) is 0 Å². The molecule has 1 fully saturated rings. The molecule has 1 amide bonds. The third-order valence-corrected chi connectivity index (χ3v) is 3.40. The minimum atomic E-state index is -0.0455. The Morgan fingerprint density at radius 3 is 2.93 bits per heavy atom. The number of amidine groups is 1. The average molecular weight is 285 g/mol. The highest BCUT2D eigenvalue weighted by Gasteiger charge is 2.25. The van der Waals surface area contributed by atoms with Gasteiger partial charge in [-0.2, -0.15) is 0 Å². The average Bonchev–Trinajstić information content (AvgIpc) is 2.45. The summed E-state index contributed by atoms with van der Waals surface area (Å²) in [5.74, 6) is 0.0220. The topological polar surface area (TPSA) is 41.5 Å². The first-order chi connectivity index (χ1) is 7.15. The van der Waals surface area contributed by atoms with Gasteiger partial charge in [0.25, 0.3) is 0 Å². The van der Waals surface area contributed by atoms with Crippen molar-refractivity contribution in [2.75, 3.05) is 0 Å². The number of hydrogen-bond donors (Lipinski definition) is 1. The maximum Gasteiger partial charge on any atom is 0.239 e. The molecule has 1 heterocycles. The van der Waals surface area contributed by atoms with Crippen LogP contribution in [0, 0.1) is 0 Å². The first-order valence-corrected chi connectivity index (χ1v) is 6.14. The van der Waals surface area contributed by atoms with E-state index < -0.39 is 0 Å². The van der Waals surface area contributed by atoms with Crippen molar-refractivity contribution in [1.82, 2.24) is 5.32 Å². The van der Waals surface area contributed by atoms with E-state index in [0.717, 1.165) is 10.2 Å². The quantitative estimate of drug-likeness (QED) is 0.862. The fourth-order valence-electron chi connectivity index (χ4n) is 1.17. The predicted octanol–water partition coefficient (Wildman–Crippen LogP) is 2.69. The Balaban J connectivity index is 2.21. The fraction of sp³-hybridized carbons (Fsp3) is 0.200. The van der Waals surface area contributed by atoms with Gasteiger partial charge in [0, 0.05) is 4.47 Å². The zero-order valence-corrected chi connectivity index (χ0v) is 10.4.